The monoisotopic (exact) mass is 245 g/mol. The van der Waals surface area contributed by atoms with Crippen LogP contribution in [0, 0.1) is 0 Å². The summed E-state index contributed by atoms with van der Waals surface area (Å²) in [6, 6.07) is 0. The minimum Gasteiger partial charge on any atom is -0.379 e. The lowest BCUT2D eigenvalue weighted by Crippen LogP contribution is -2.37. The second-order valence-corrected chi connectivity index (χ2v) is 4.51. The van der Waals surface area contributed by atoms with E-state index in [2.05, 4.69) is 18.7 Å². The van der Waals surface area contributed by atoms with Crippen LogP contribution in [0.1, 0.15) is 26.7 Å². The van der Waals surface area contributed by atoms with E-state index >= 15 is 0 Å². The van der Waals surface area contributed by atoms with Gasteiger partial charge in [0.05, 0.1) is 32.5 Å². The van der Waals surface area contributed by atoms with Crippen LogP contribution < -0.4 is 0 Å². The lowest BCUT2D eigenvalue weighted by molar-refractivity contribution is 0.00475. The molecule has 0 aromatic rings. The van der Waals surface area contributed by atoms with Crippen molar-refractivity contribution >= 4 is 0 Å². The van der Waals surface area contributed by atoms with Gasteiger partial charge in [0.2, 0.25) is 0 Å². The Morgan fingerprint density at radius 1 is 1.18 bits per heavy atom. The van der Waals surface area contributed by atoms with Crippen molar-refractivity contribution in [1.82, 2.24) is 4.90 Å². The van der Waals surface area contributed by atoms with Crippen LogP contribution in [0.4, 0.5) is 0 Å². The lowest BCUT2D eigenvalue weighted by atomic mass is 10.3. The van der Waals surface area contributed by atoms with E-state index in [1.807, 2.05) is 0 Å². The quantitative estimate of drug-likeness (QED) is 0.577. The average Bonchev–Trinajstić information content (AvgIpc) is 2.38. The molecule has 1 aliphatic rings. The molecule has 0 spiro atoms. The summed E-state index contributed by atoms with van der Waals surface area (Å²) in [6.45, 7) is 11.5. The van der Waals surface area contributed by atoms with Gasteiger partial charge >= 0.3 is 0 Å². The average molecular weight is 245 g/mol. The smallest absolute Gasteiger partial charge is 0.0704 e. The maximum atomic E-state index is 5.54. The zero-order chi connectivity index (χ0) is 12.3. The first-order valence-electron chi connectivity index (χ1n) is 6.82. The predicted molar refractivity (Wildman–Crippen MR) is 68.4 cm³/mol. The number of hydrogen-bond acceptors (Lipinski definition) is 4. The van der Waals surface area contributed by atoms with E-state index in [-0.39, 0.29) is 0 Å². The standard InChI is InChI=1S/C13H27NO3/c1-3-13(2)17-12-11-15-8-4-5-14-6-9-16-10-7-14/h13H,3-12H2,1-2H3. The Balaban J connectivity index is 1.80. The van der Waals surface area contributed by atoms with Crippen LogP contribution >= 0.6 is 0 Å². The Hall–Kier alpha value is -0.160. The highest BCUT2D eigenvalue weighted by molar-refractivity contribution is 4.61. The molecule has 4 nitrogen and oxygen atoms in total. The molecule has 0 aliphatic carbocycles. The molecule has 4 heteroatoms. The van der Waals surface area contributed by atoms with Crippen molar-refractivity contribution in [3.05, 3.63) is 0 Å². The number of ether oxygens (including phenoxy) is 3. The molecule has 17 heavy (non-hydrogen) atoms. The fourth-order valence-electron chi connectivity index (χ4n) is 1.74. The first-order valence-corrected chi connectivity index (χ1v) is 6.82. The van der Waals surface area contributed by atoms with Crippen LogP contribution in [0.3, 0.4) is 0 Å². The second-order valence-electron chi connectivity index (χ2n) is 4.51. The van der Waals surface area contributed by atoms with E-state index < -0.39 is 0 Å². The summed E-state index contributed by atoms with van der Waals surface area (Å²) in [5.74, 6) is 0. The van der Waals surface area contributed by atoms with Gasteiger partial charge in [-0.3, -0.25) is 4.90 Å². The molecule has 0 radical (unpaired) electrons. The number of hydrogen-bond donors (Lipinski definition) is 0. The van der Waals surface area contributed by atoms with Crippen molar-refractivity contribution in [1.29, 1.82) is 0 Å². The van der Waals surface area contributed by atoms with Crippen molar-refractivity contribution in [2.45, 2.75) is 32.8 Å². The minimum absolute atomic E-state index is 0.354. The Morgan fingerprint density at radius 2 is 1.94 bits per heavy atom. The Kier molecular flexibility index (Phi) is 8.61. The van der Waals surface area contributed by atoms with E-state index in [1.165, 1.54) is 0 Å². The van der Waals surface area contributed by atoms with Gasteiger partial charge in [0.15, 0.2) is 0 Å². The molecule has 0 amide bonds. The maximum absolute atomic E-state index is 5.54. The lowest BCUT2D eigenvalue weighted by Gasteiger charge is -2.26. The van der Waals surface area contributed by atoms with Gasteiger partial charge < -0.3 is 14.2 Å². The van der Waals surface area contributed by atoms with E-state index in [0.29, 0.717) is 19.3 Å². The van der Waals surface area contributed by atoms with Gasteiger partial charge in [0, 0.05) is 26.2 Å². The van der Waals surface area contributed by atoms with Gasteiger partial charge in [-0.15, -0.1) is 0 Å². The van der Waals surface area contributed by atoms with Crippen molar-refractivity contribution in [3.8, 4) is 0 Å². The normalized spacial score (nSPS) is 19.4. The molecular weight excluding hydrogens is 218 g/mol. The van der Waals surface area contributed by atoms with Crippen molar-refractivity contribution in [2.24, 2.45) is 0 Å². The molecular formula is C13H27NO3. The van der Waals surface area contributed by atoms with Crippen LogP contribution in [0.15, 0.2) is 0 Å². The van der Waals surface area contributed by atoms with E-state index in [1.54, 1.807) is 0 Å². The molecule has 0 saturated carbocycles. The molecule has 1 fully saturated rings. The van der Waals surface area contributed by atoms with Gasteiger partial charge in [-0.2, -0.15) is 0 Å². The van der Waals surface area contributed by atoms with Crippen molar-refractivity contribution in [3.63, 3.8) is 0 Å². The minimum atomic E-state index is 0.354. The predicted octanol–water partition coefficient (Wildman–Crippen LogP) is 1.54. The SMILES string of the molecule is CCC(C)OCCOCCCN1CCOCC1. The third-order valence-electron chi connectivity index (χ3n) is 3.07. The molecule has 0 aromatic carbocycles. The Bertz CT molecular complexity index is 172. The maximum Gasteiger partial charge on any atom is 0.0704 e. The molecule has 1 atom stereocenters. The zero-order valence-corrected chi connectivity index (χ0v) is 11.3. The van der Waals surface area contributed by atoms with Crippen molar-refractivity contribution in [2.75, 3.05) is 52.7 Å². The first kappa shape index (κ1) is 14.9. The van der Waals surface area contributed by atoms with Gasteiger partial charge in [-0.25, -0.2) is 0 Å². The molecule has 1 unspecified atom stereocenters. The molecule has 0 bridgehead atoms. The van der Waals surface area contributed by atoms with Gasteiger partial charge in [0.1, 0.15) is 0 Å². The highest BCUT2D eigenvalue weighted by Crippen LogP contribution is 1.98. The molecule has 0 aromatic heterocycles. The Labute approximate surface area is 105 Å². The summed E-state index contributed by atoms with van der Waals surface area (Å²) in [7, 11) is 0. The summed E-state index contributed by atoms with van der Waals surface area (Å²) in [5.41, 5.74) is 0. The highest BCUT2D eigenvalue weighted by atomic mass is 16.5. The molecule has 1 saturated heterocycles. The van der Waals surface area contributed by atoms with Crippen LogP contribution in [0.2, 0.25) is 0 Å². The van der Waals surface area contributed by atoms with Crippen LogP contribution in [0.25, 0.3) is 0 Å². The molecule has 1 aliphatic heterocycles. The third kappa shape index (κ3) is 7.71. The van der Waals surface area contributed by atoms with Gasteiger partial charge in [-0.1, -0.05) is 6.92 Å². The third-order valence-corrected chi connectivity index (χ3v) is 3.07. The zero-order valence-electron chi connectivity index (χ0n) is 11.3. The molecule has 102 valence electrons. The van der Waals surface area contributed by atoms with Crippen molar-refractivity contribution < 1.29 is 14.2 Å². The number of nitrogens with zero attached hydrogens (tertiary/aromatic N) is 1. The second kappa shape index (κ2) is 9.83. The van der Waals surface area contributed by atoms with Crippen LogP contribution in [-0.2, 0) is 14.2 Å². The Morgan fingerprint density at radius 3 is 2.65 bits per heavy atom. The van der Waals surface area contributed by atoms with Gasteiger partial charge in [-0.05, 0) is 19.8 Å². The van der Waals surface area contributed by atoms with E-state index in [9.17, 15) is 0 Å². The summed E-state index contributed by atoms with van der Waals surface area (Å²) in [5, 5.41) is 0. The highest BCUT2D eigenvalue weighted by Gasteiger charge is 2.08. The summed E-state index contributed by atoms with van der Waals surface area (Å²) < 4.78 is 16.4. The number of morpholine rings is 1. The fraction of sp³-hybridized carbons (Fsp3) is 1.00. The largest absolute Gasteiger partial charge is 0.379 e. The molecule has 1 rings (SSSR count). The van der Waals surface area contributed by atoms with Gasteiger partial charge in [0.25, 0.3) is 0 Å². The first-order chi connectivity index (χ1) is 8.33. The summed E-state index contributed by atoms with van der Waals surface area (Å²) in [4.78, 5) is 2.43. The van der Waals surface area contributed by atoms with E-state index in [4.69, 9.17) is 14.2 Å². The molecule has 1 heterocycles. The summed E-state index contributed by atoms with van der Waals surface area (Å²) >= 11 is 0. The fourth-order valence-corrected chi connectivity index (χ4v) is 1.74. The van der Waals surface area contributed by atoms with Crippen LogP contribution in [0.5, 0.6) is 0 Å². The summed E-state index contributed by atoms with van der Waals surface area (Å²) in [6.07, 6.45) is 2.52. The number of rotatable bonds is 9. The van der Waals surface area contributed by atoms with E-state index in [0.717, 1.165) is 52.3 Å². The van der Waals surface area contributed by atoms with Crippen LogP contribution in [-0.4, -0.2) is 63.7 Å². The topological polar surface area (TPSA) is 30.9 Å². The molecule has 0 N–H and O–H groups in total.